The lowest BCUT2D eigenvalue weighted by atomic mass is 9.75. The summed E-state index contributed by atoms with van der Waals surface area (Å²) in [5.74, 6) is 0.643. The lowest BCUT2D eigenvalue weighted by molar-refractivity contribution is 0.0354. The van der Waals surface area contributed by atoms with Gasteiger partial charge in [-0.25, -0.2) is 13.8 Å². The summed E-state index contributed by atoms with van der Waals surface area (Å²) in [5.41, 5.74) is 6.53. The molecule has 0 amide bonds. The lowest BCUT2D eigenvalue weighted by Gasteiger charge is -2.51. The molecule has 0 aliphatic carbocycles. The Labute approximate surface area is 150 Å². The molecule has 2 aromatic rings. The van der Waals surface area contributed by atoms with Crippen LogP contribution >= 0.6 is 0 Å². The summed E-state index contributed by atoms with van der Waals surface area (Å²) < 4.78 is 27.7. The van der Waals surface area contributed by atoms with Gasteiger partial charge in [-0.2, -0.15) is 4.98 Å². The zero-order valence-corrected chi connectivity index (χ0v) is 14.4. The summed E-state index contributed by atoms with van der Waals surface area (Å²) >= 11 is 0. The minimum absolute atomic E-state index is 0.0458. The van der Waals surface area contributed by atoms with Crippen LogP contribution in [0.4, 0.5) is 20.5 Å². The standard InChI is InChI=1S/C19H21F2N5/c20-13-7-12(8-14(21)9-13)15-10-26(16-1-4-23-19(22)24-16)17-11-2-5-25(6-3-11)18(15)17/h1,4,7-9,11,15,17-18H,2-3,5-6,10H2,(H2,22,23,24)/t15-,17-,18-/m1/s1. The molecule has 4 fully saturated rings. The second kappa shape index (κ2) is 5.87. The SMILES string of the molecule is Nc1nccc(N2C[C@H](c3cc(F)cc(F)c3)[C@@H]3[C@H]2C2CCN3CC2)n1. The number of fused-ring (bicyclic) bond motifs is 2. The van der Waals surface area contributed by atoms with Crippen LogP contribution in [0.15, 0.2) is 30.5 Å². The van der Waals surface area contributed by atoms with Crippen molar-refractivity contribution in [2.75, 3.05) is 30.3 Å². The average molecular weight is 357 g/mol. The van der Waals surface area contributed by atoms with Gasteiger partial charge in [-0.3, -0.25) is 4.90 Å². The molecule has 6 rings (SSSR count). The summed E-state index contributed by atoms with van der Waals surface area (Å²) in [6, 6.07) is 6.31. The van der Waals surface area contributed by atoms with Crippen molar-refractivity contribution in [3.8, 4) is 0 Å². The van der Waals surface area contributed by atoms with Crippen LogP contribution in [0, 0.1) is 17.6 Å². The number of hydrogen-bond acceptors (Lipinski definition) is 5. The highest BCUT2D eigenvalue weighted by Gasteiger charge is 2.53. The molecule has 4 saturated heterocycles. The number of nitrogens with zero attached hydrogens (tertiary/aromatic N) is 4. The summed E-state index contributed by atoms with van der Waals surface area (Å²) in [7, 11) is 0. The van der Waals surface area contributed by atoms with Gasteiger partial charge >= 0.3 is 0 Å². The first-order valence-corrected chi connectivity index (χ1v) is 9.15. The van der Waals surface area contributed by atoms with Crippen LogP contribution in [-0.2, 0) is 0 Å². The molecule has 2 bridgehead atoms. The Morgan fingerprint density at radius 3 is 2.46 bits per heavy atom. The van der Waals surface area contributed by atoms with Gasteiger partial charge in [0.2, 0.25) is 5.95 Å². The molecule has 7 heteroatoms. The van der Waals surface area contributed by atoms with Gasteiger partial charge in [-0.05, 0) is 55.6 Å². The van der Waals surface area contributed by atoms with E-state index in [1.165, 1.54) is 12.1 Å². The molecule has 3 atom stereocenters. The van der Waals surface area contributed by atoms with E-state index in [1.807, 2.05) is 6.07 Å². The van der Waals surface area contributed by atoms with Crippen LogP contribution in [0.2, 0.25) is 0 Å². The first-order valence-electron chi connectivity index (χ1n) is 9.15. The van der Waals surface area contributed by atoms with Gasteiger partial charge in [0.05, 0.1) is 0 Å². The fraction of sp³-hybridized carbons (Fsp3) is 0.474. The van der Waals surface area contributed by atoms with Crippen LogP contribution in [0.1, 0.15) is 24.3 Å². The first-order chi connectivity index (χ1) is 12.6. The van der Waals surface area contributed by atoms with Crippen LogP contribution in [-0.4, -0.2) is 46.6 Å². The van der Waals surface area contributed by atoms with Crippen molar-refractivity contribution in [2.45, 2.75) is 30.8 Å². The van der Waals surface area contributed by atoms with E-state index < -0.39 is 11.6 Å². The van der Waals surface area contributed by atoms with Crippen molar-refractivity contribution in [1.29, 1.82) is 0 Å². The molecule has 4 aliphatic rings. The number of nitrogen functional groups attached to an aromatic ring is 1. The van der Waals surface area contributed by atoms with Crippen molar-refractivity contribution in [1.82, 2.24) is 14.9 Å². The maximum absolute atomic E-state index is 13.9. The molecule has 1 aromatic carbocycles. The lowest BCUT2D eigenvalue weighted by Crippen LogP contribution is -2.60. The van der Waals surface area contributed by atoms with Gasteiger partial charge in [0.15, 0.2) is 0 Å². The van der Waals surface area contributed by atoms with E-state index >= 15 is 0 Å². The Kier molecular flexibility index (Phi) is 3.60. The summed E-state index contributed by atoms with van der Waals surface area (Å²) in [4.78, 5) is 13.2. The Morgan fingerprint density at radius 1 is 1.04 bits per heavy atom. The molecular weight excluding hydrogens is 336 g/mol. The molecule has 26 heavy (non-hydrogen) atoms. The van der Waals surface area contributed by atoms with E-state index in [0.29, 0.717) is 18.5 Å². The predicted octanol–water partition coefficient (Wildman–Crippen LogP) is 2.40. The molecule has 4 aliphatic heterocycles. The van der Waals surface area contributed by atoms with Crippen LogP contribution < -0.4 is 10.6 Å². The van der Waals surface area contributed by atoms with Gasteiger partial charge in [0.1, 0.15) is 17.5 Å². The van der Waals surface area contributed by atoms with E-state index in [1.54, 1.807) is 6.20 Å². The van der Waals surface area contributed by atoms with Crippen molar-refractivity contribution in [3.05, 3.63) is 47.7 Å². The molecular formula is C19H21F2N5. The maximum Gasteiger partial charge on any atom is 0.221 e. The van der Waals surface area contributed by atoms with Crippen molar-refractivity contribution >= 4 is 11.8 Å². The van der Waals surface area contributed by atoms with Gasteiger partial charge in [-0.1, -0.05) is 0 Å². The summed E-state index contributed by atoms with van der Waals surface area (Å²) in [6.07, 6.45) is 3.98. The quantitative estimate of drug-likeness (QED) is 0.894. The Balaban J connectivity index is 1.58. The highest BCUT2D eigenvalue weighted by molar-refractivity contribution is 5.48. The third-order valence-corrected chi connectivity index (χ3v) is 6.26. The zero-order chi connectivity index (χ0) is 17.8. The molecule has 0 saturated carbocycles. The van der Waals surface area contributed by atoms with Crippen LogP contribution in [0.3, 0.4) is 0 Å². The fourth-order valence-corrected chi connectivity index (χ4v) is 5.29. The molecule has 5 heterocycles. The highest BCUT2D eigenvalue weighted by Crippen LogP contribution is 2.47. The highest BCUT2D eigenvalue weighted by atomic mass is 19.1. The normalized spacial score (nSPS) is 32.7. The monoisotopic (exact) mass is 357 g/mol. The number of anilines is 2. The number of nitrogens with two attached hydrogens (primary N) is 1. The molecule has 0 spiro atoms. The molecule has 0 radical (unpaired) electrons. The number of aromatic nitrogens is 2. The van der Waals surface area contributed by atoms with Gasteiger partial charge in [-0.15, -0.1) is 0 Å². The Morgan fingerprint density at radius 2 is 1.77 bits per heavy atom. The van der Waals surface area contributed by atoms with Gasteiger partial charge in [0.25, 0.3) is 0 Å². The first kappa shape index (κ1) is 15.9. The summed E-state index contributed by atoms with van der Waals surface area (Å²) in [6.45, 7) is 2.79. The molecule has 0 unspecified atom stereocenters. The third kappa shape index (κ3) is 2.45. The number of rotatable bonds is 2. The smallest absolute Gasteiger partial charge is 0.221 e. The van der Waals surface area contributed by atoms with Gasteiger partial charge < -0.3 is 10.6 Å². The van der Waals surface area contributed by atoms with Crippen molar-refractivity contribution in [2.24, 2.45) is 5.92 Å². The number of benzene rings is 1. The fourth-order valence-electron chi connectivity index (χ4n) is 5.29. The molecule has 2 N–H and O–H groups in total. The molecule has 1 aromatic heterocycles. The van der Waals surface area contributed by atoms with E-state index in [0.717, 1.165) is 43.4 Å². The number of piperidine rings is 3. The van der Waals surface area contributed by atoms with E-state index in [4.69, 9.17) is 5.73 Å². The van der Waals surface area contributed by atoms with Crippen molar-refractivity contribution < 1.29 is 8.78 Å². The minimum atomic E-state index is -0.516. The topological polar surface area (TPSA) is 58.3 Å². The predicted molar refractivity (Wildman–Crippen MR) is 94.8 cm³/mol. The second-order valence-corrected chi connectivity index (χ2v) is 7.59. The molecule has 5 nitrogen and oxygen atoms in total. The second-order valence-electron chi connectivity index (χ2n) is 7.59. The Bertz CT molecular complexity index is 816. The summed E-state index contributed by atoms with van der Waals surface area (Å²) in [5, 5.41) is 0. The van der Waals surface area contributed by atoms with Gasteiger partial charge in [0, 0.05) is 36.8 Å². The maximum atomic E-state index is 13.9. The Hall–Kier alpha value is -2.28. The third-order valence-electron chi connectivity index (χ3n) is 6.26. The number of halogens is 2. The molecule has 136 valence electrons. The van der Waals surface area contributed by atoms with Crippen molar-refractivity contribution in [3.63, 3.8) is 0 Å². The average Bonchev–Trinajstić information content (AvgIpc) is 3.05. The van der Waals surface area contributed by atoms with E-state index in [-0.39, 0.29) is 17.9 Å². The van der Waals surface area contributed by atoms with Crippen LogP contribution in [0.25, 0.3) is 0 Å². The van der Waals surface area contributed by atoms with E-state index in [9.17, 15) is 8.78 Å². The largest absolute Gasteiger partial charge is 0.368 e. The van der Waals surface area contributed by atoms with Crippen LogP contribution in [0.5, 0.6) is 0 Å². The number of hydrogen-bond donors (Lipinski definition) is 1. The van der Waals surface area contributed by atoms with E-state index in [2.05, 4.69) is 19.8 Å². The minimum Gasteiger partial charge on any atom is -0.368 e. The zero-order valence-electron chi connectivity index (χ0n) is 14.4.